The molecule has 3 atom stereocenters. The monoisotopic (exact) mass is 289 g/mol. The second kappa shape index (κ2) is 5.24. The van der Waals surface area contributed by atoms with E-state index in [0.29, 0.717) is 12.3 Å². The molecule has 4 heteroatoms. The number of nitrogens with one attached hydrogen (secondary N) is 1. The van der Waals surface area contributed by atoms with E-state index < -0.39 is 0 Å². The number of hydrogen-bond acceptors (Lipinski definition) is 2. The fourth-order valence-electron chi connectivity index (χ4n) is 4.16. The molecular weight excluding hydrogens is 269 g/mol. The molecule has 21 heavy (non-hydrogen) atoms. The third-order valence-electron chi connectivity index (χ3n) is 5.18. The lowest BCUT2D eigenvalue weighted by Gasteiger charge is -2.40. The van der Waals surface area contributed by atoms with Gasteiger partial charge in [-0.2, -0.15) is 0 Å². The maximum Gasteiger partial charge on any atom is 0.234 e. The van der Waals surface area contributed by atoms with Crippen molar-refractivity contribution in [2.75, 3.05) is 0 Å². The Kier molecular flexibility index (Phi) is 3.56. The summed E-state index contributed by atoms with van der Waals surface area (Å²) in [6.07, 6.45) is 4.34. The summed E-state index contributed by atoms with van der Waals surface area (Å²) in [6, 6.07) is 6.13. The molecule has 1 aliphatic heterocycles. The lowest BCUT2D eigenvalue weighted by molar-refractivity contribution is -0.140. The Balaban J connectivity index is 1.99. The third kappa shape index (κ3) is 2.47. The first-order valence-electron chi connectivity index (χ1n) is 7.63. The van der Waals surface area contributed by atoms with Crippen LogP contribution < -0.4 is 5.32 Å². The van der Waals surface area contributed by atoms with Crippen LogP contribution in [0.3, 0.4) is 0 Å². The van der Waals surface area contributed by atoms with Crippen LogP contribution in [0.2, 0.25) is 0 Å². The largest absolute Gasteiger partial charge is 0.296 e. The first kappa shape index (κ1) is 14.2. The van der Waals surface area contributed by atoms with Gasteiger partial charge in [-0.3, -0.25) is 14.9 Å². The molecule has 3 rings (SSSR count). The van der Waals surface area contributed by atoms with E-state index in [2.05, 4.69) is 12.2 Å². The van der Waals surface area contributed by atoms with E-state index in [9.17, 15) is 14.0 Å². The van der Waals surface area contributed by atoms with Crippen molar-refractivity contribution in [3.8, 4) is 0 Å². The molecule has 1 aliphatic carbocycles. The molecule has 3 nitrogen and oxygen atoms in total. The topological polar surface area (TPSA) is 46.2 Å². The second-order valence-electron chi connectivity index (χ2n) is 6.45. The average Bonchev–Trinajstić information content (AvgIpc) is 2.83. The summed E-state index contributed by atoms with van der Waals surface area (Å²) in [5.74, 6) is -0.471. The van der Waals surface area contributed by atoms with Gasteiger partial charge in [-0.1, -0.05) is 25.5 Å². The fourth-order valence-corrected chi connectivity index (χ4v) is 4.16. The summed E-state index contributed by atoms with van der Waals surface area (Å²) in [4.78, 5) is 24.3. The van der Waals surface area contributed by atoms with Crippen molar-refractivity contribution in [2.24, 2.45) is 11.3 Å². The zero-order chi connectivity index (χ0) is 15.0. The zero-order valence-electron chi connectivity index (χ0n) is 12.2. The highest BCUT2D eigenvalue weighted by molar-refractivity contribution is 6.02. The first-order chi connectivity index (χ1) is 10.0. The van der Waals surface area contributed by atoms with Gasteiger partial charge < -0.3 is 0 Å². The van der Waals surface area contributed by atoms with Crippen LogP contribution in [-0.4, -0.2) is 11.8 Å². The number of amides is 2. The molecule has 0 bridgehead atoms. The summed E-state index contributed by atoms with van der Waals surface area (Å²) in [5, 5.41) is 2.45. The first-order valence-corrected chi connectivity index (χ1v) is 7.63. The van der Waals surface area contributed by atoms with Crippen molar-refractivity contribution in [3.05, 3.63) is 35.6 Å². The molecule has 1 saturated carbocycles. The van der Waals surface area contributed by atoms with Crippen LogP contribution in [0.1, 0.15) is 50.5 Å². The summed E-state index contributed by atoms with van der Waals surface area (Å²) in [6.45, 7) is 2.15. The van der Waals surface area contributed by atoms with Gasteiger partial charge in [-0.15, -0.1) is 0 Å². The molecule has 1 spiro atoms. The highest BCUT2D eigenvalue weighted by Crippen LogP contribution is 2.55. The SMILES string of the molecule is CCC1CCC2(CC(=O)NC(=O)C2c2ccc(F)cc2)C1. The Morgan fingerprint density at radius 1 is 1.29 bits per heavy atom. The zero-order valence-corrected chi connectivity index (χ0v) is 12.2. The van der Waals surface area contributed by atoms with E-state index in [0.717, 1.165) is 31.2 Å². The maximum atomic E-state index is 13.1. The van der Waals surface area contributed by atoms with Gasteiger partial charge in [0.2, 0.25) is 11.8 Å². The van der Waals surface area contributed by atoms with Crippen molar-refractivity contribution in [3.63, 3.8) is 0 Å². The molecule has 3 unspecified atom stereocenters. The molecule has 112 valence electrons. The number of piperidine rings is 1. The van der Waals surface area contributed by atoms with Crippen LogP contribution in [-0.2, 0) is 9.59 Å². The van der Waals surface area contributed by atoms with Gasteiger partial charge in [0.05, 0.1) is 5.92 Å². The number of rotatable bonds is 2. The van der Waals surface area contributed by atoms with Gasteiger partial charge >= 0.3 is 0 Å². The van der Waals surface area contributed by atoms with Crippen LogP contribution in [0.25, 0.3) is 0 Å². The van der Waals surface area contributed by atoms with Crippen molar-refractivity contribution in [2.45, 2.75) is 44.9 Å². The second-order valence-corrected chi connectivity index (χ2v) is 6.45. The van der Waals surface area contributed by atoms with Crippen LogP contribution in [0.5, 0.6) is 0 Å². The molecule has 1 N–H and O–H groups in total. The maximum absolute atomic E-state index is 13.1. The average molecular weight is 289 g/mol. The van der Waals surface area contributed by atoms with E-state index in [1.165, 1.54) is 12.1 Å². The lowest BCUT2D eigenvalue weighted by Crippen LogP contribution is -2.49. The predicted octanol–water partition coefficient (Wildman–Crippen LogP) is 3.15. The molecule has 2 fully saturated rings. The molecule has 1 saturated heterocycles. The van der Waals surface area contributed by atoms with Gasteiger partial charge in [0.1, 0.15) is 5.82 Å². The van der Waals surface area contributed by atoms with Crippen LogP contribution in [0.15, 0.2) is 24.3 Å². The molecule has 0 aromatic heterocycles. The fraction of sp³-hybridized carbons (Fsp3) is 0.529. The van der Waals surface area contributed by atoms with Gasteiger partial charge in [-0.25, -0.2) is 4.39 Å². The molecule has 2 aliphatic rings. The van der Waals surface area contributed by atoms with E-state index in [4.69, 9.17) is 0 Å². The standard InChI is InChI=1S/C17H20FNO2/c1-2-11-7-8-17(9-11)10-14(20)19-16(21)15(17)12-3-5-13(18)6-4-12/h3-6,11,15H,2,7-10H2,1H3,(H,19,20,21). The van der Waals surface area contributed by atoms with Crippen molar-refractivity contribution >= 4 is 11.8 Å². The summed E-state index contributed by atoms with van der Waals surface area (Å²) in [5.41, 5.74) is 0.538. The minimum Gasteiger partial charge on any atom is -0.296 e. The molecule has 1 heterocycles. The molecule has 1 aromatic carbocycles. The normalized spacial score (nSPS) is 32.5. The van der Waals surface area contributed by atoms with E-state index >= 15 is 0 Å². The Labute approximate surface area is 123 Å². The Morgan fingerprint density at radius 3 is 2.62 bits per heavy atom. The summed E-state index contributed by atoms with van der Waals surface area (Å²) < 4.78 is 13.1. The van der Waals surface area contributed by atoms with Crippen LogP contribution in [0.4, 0.5) is 4.39 Å². The van der Waals surface area contributed by atoms with Crippen molar-refractivity contribution in [1.82, 2.24) is 5.32 Å². The van der Waals surface area contributed by atoms with Gasteiger partial charge in [-0.05, 0) is 48.3 Å². The number of imide groups is 1. The Bertz CT molecular complexity index is 569. The van der Waals surface area contributed by atoms with Crippen LogP contribution in [0, 0.1) is 17.2 Å². The number of benzene rings is 1. The molecule has 1 aromatic rings. The van der Waals surface area contributed by atoms with Crippen molar-refractivity contribution < 1.29 is 14.0 Å². The number of hydrogen-bond donors (Lipinski definition) is 1. The van der Waals surface area contributed by atoms with Crippen LogP contribution >= 0.6 is 0 Å². The smallest absolute Gasteiger partial charge is 0.234 e. The summed E-state index contributed by atoms with van der Waals surface area (Å²) >= 11 is 0. The third-order valence-corrected chi connectivity index (χ3v) is 5.18. The Morgan fingerprint density at radius 2 is 2.00 bits per heavy atom. The number of carbonyl (C=O) groups is 2. The molecular formula is C17H20FNO2. The predicted molar refractivity (Wildman–Crippen MR) is 77.0 cm³/mol. The van der Waals surface area contributed by atoms with E-state index in [1.807, 2.05) is 0 Å². The quantitative estimate of drug-likeness (QED) is 0.850. The number of carbonyl (C=O) groups excluding carboxylic acids is 2. The minimum absolute atomic E-state index is 0.171. The van der Waals surface area contributed by atoms with Gasteiger partial charge in [0.15, 0.2) is 0 Å². The van der Waals surface area contributed by atoms with E-state index in [-0.39, 0.29) is 29.0 Å². The highest BCUT2D eigenvalue weighted by Gasteiger charge is 2.52. The lowest BCUT2D eigenvalue weighted by atomic mass is 9.65. The minimum atomic E-state index is -0.340. The number of halogens is 1. The molecule has 2 amide bonds. The summed E-state index contributed by atoms with van der Waals surface area (Å²) in [7, 11) is 0. The van der Waals surface area contributed by atoms with Gasteiger partial charge in [0, 0.05) is 6.42 Å². The van der Waals surface area contributed by atoms with E-state index in [1.54, 1.807) is 12.1 Å². The Hall–Kier alpha value is -1.71. The highest BCUT2D eigenvalue weighted by atomic mass is 19.1. The van der Waals surface area contributed by atoms with Crippen molar-refractivity contribution in [1.29, 1.82) is 0 Å². The molecule has 0 radical (unpaired) electrons. The van der Waals surface area contributed by atoms with Gasteiger partial charge in [0.25, 0.3) is 0 Å².